The summed E-state index contributed by atoms with van der Waals surface area (Å²) in [5, 5.41) is 19.7. The lowest BCUT2D eigenvalue weighted by Gasteiger charge is -2.14. The van der Waals surface area contributed by atoms with E-state index >= 15 is 0 Å². The highest BCUT2D eigenvalue weighted by Crippen LogP contribution is 2.07. The molecule has 3 N–H and O–H groups in total. The standard InChI is InChI=1S/C11H14F2N2O4/c12-9(13)6-15-4-1-2-8(15)10(17)14-7(3-5-16)11(18)19/h1-2,4,7,9,16H,3,5-6H2,(H,14,17)(H,18,19)/t7-/m1/s1. The zero-order valence-electron chi connectivity index (χ0n) is 9.92. The smallest absolute Gasteiger partial charge is 0.326 e. The molecule has 1 heterocycles. The second-order valence-corrected chi connectivity index (χ2v) is 3.81. The molecule has 1 aromatic rings. The maximum absolute atomic E-state index is 12.3. The average molecular weight is 276 g/mol. The zero-order chi connectivity index (χ0) is 14.4. The summed E-state index contributed by atoms with van der Waals surface area (Å²) in [6.07, 6.45) is -1.47. The third-order valence-electron chi connectivity index (χ3n) is 2.42. The fourth-order valence-electron chi connectivity index (χ4n) is 1.55. The molecule has 0 bridgehead atoms. The van der Waals surface area contributed by atoms with Crippen molar-refractivity contribution in [1.82, 2.24) is 9.88 Å². The third kappa shape index (κ3) is 4.32. The first-order chi connectivity index (χ1) is 8.95. The minimum atomic E-state index is -2.62. The van der Waals surface area contributed by atoms with Gasteiger partial charge in [-0.25, -0.2) is 13.6 Å². The van der Waals surface area contributed by atoms with Crippen molar-refractivity contribution in [2.24, 2.45) is 0 Å². The quantitative estimate of drug-likeness (QED) is 0.668. The average Bonchev–Trinajstić information content (AvgIpc) is 2.75. The number of carbonyl (C=O) groups is 2. The van der Waals surface area contributed by atoms with Gasteiger partial charge in [-0.15, -0.1) is 0 Å². The molecule has 1 aromatic heterocycles. The number of aliphatic carboxylic acids is 1. The number of carboxylic acid groups (broad SMARTS) is 1. The number of halogens is 2. The Kier molecular flexibility index (Phi) is 5.43. The lowest BCUT2D eigenvalue weighted by Crippen LogP contribution is -2.42. The molecule has 0 radical (unpaired) electrons. The predicted molar refractivity (Wildman–Crippen MR) is 61.0 cm³/mol. The van der Waals surface area contributed by atoms with Crippen molar-refractivity contribution >= 4 is 11.9 Å². The molecule has 0 aliphatic heterocycles. The molecule has 0 unspecified atom stereocenters. The van der Waals surface area contributed by atoms with Gasteiger partial charge in [-0.2, -0.15) is 0 Å². The van der Waals surface area contributed by atoms with Crippen LogP contribution in [0.2, 0.25) is 0 Å². The Morgan fingerprint density at radius 3 is 2.63 bits per heavy atom. The Labute approximate surface area is 107 Å². The highest BCUT2D eigenvalue weighted by Gasteiger charge is 2.22. The molecule has 0 aliphatic rings. The van der Waals surface area contributed by atoms with E-state index in [0.717, 1.165) is 4.57 Å². The molecule has 0 aromatic carbocycles. The number of rotatable bonds is 7. The highest BCUT2D eigenvalue weighted by atomic mass is 19.3. The molecule has 8 heteroatoms. The minimum Gasteiger partial charge on any atom is -0.480 e. The van der Waals surface area contributed by atoms with E-state index < -0.39 is 37.5 Å². The monoisotopic (exact) mass is 276 g/mol. The second kappa shape index (κ2) is 6.83. The van der Waals surface area contributed by atoms with Gasteiger partial charge in [0.05, 0.1) is 6.54 Å². The number of carbonyl (C=O) groups excluding carboxylic acids is 1. The normalized spacial score (nSPS) is 12.4. The summed E-state index contributed by atoms with van der Waals surface area (Å²) in [5.74, 6) is -2.07. The zero-order valence-corrected chi connectivity index (χ0v) is 9.92. The van der Waals surface area contributed by atoms with Crippen LogP contribution in [0.4, 0.5) is 8.78 Å². The molecule has 0 aliphatic carbocycles. The van der Waals surface area contributed by atoms with E-state index in [0.29, 0.717) is 0 Å². The van der Waals surface area contributed by atoms with Crippen molar-refractivity contribution in [3.63, 3.8) is 0 Å². The first-order valence-electron chi connectivity index (χ1n) is 5.53. The first-order valence-corrected chi connectivity index (χ1v) is 5.53. The van der Waals surface area contributed by atoms with Crippen LogP contribution in [-0.2, 0) is 11.3 Å². The molecule has 6 nitrogen and oxygen atoms in total. The van der Waals surface area contributed by atoms with Crippen LogP contribution in [0.15, 0.2) is 18.3 Å². The molecule has 0 saturated carbocycles. The number of hydrogen-bond donors (Lipinski definition) is 3. The van der Waals surface area contributed by atoms with E-state index in [4.69, 9.17) is 10.2 Å². The number of aromatic nitrogens is 1. The largest absolute Gasteiger partial charge is 0.480 e. The Morgan fingerprint density at radius 2 is 2.11 bits per heavy atom. The van der Waals surface area contributed by atoms with Gasteiger partial charge in [-0.05, 0) is 12.1 Å². The van der Waals surface area contributed by atoms with Gasteiger partial charge in [0.1, 0.15) is 11.7 Å². The van der Waals surface area contributed by atoms with Gasteiger partial charge in [0.15, 0.2) is 0 Å². The van der Waals surface area contributed by atoms with Gasteiger partial charge in [0.25, 0.3) is 12.3 Å². The number of carboxylic acids is 1. The van der Waals surface area contributed by atoms with Crippen molar-refractivity contribution in [3.8, 4) is 0 Å². The Bertz CT molecular complexity index is 448. The highest BCUT2D eigenvalue weighted by molar-refractivity contribution is 5.95. The number of alkyl halides is 2. The van der Waals surface area contributed by atoms with E-state index in [-0.39, 0.29) is 12.1 Å². The van der Waals surface area contributed by atoms with Crippen LogP contribution < -0.4 is 5.32 Å². The van der Waals surface area contributed by atoms with Gasteiger partial charge >= 0.3 is 5.97 Å². The summed E-state index contributed by atoms with van der Waals surface area (Å²) >= 11 is 0. The molecule has 19 heavy (non-hydrogen) atoms. The van der Waals surface area contributed by atoms with Crippen LogP contribution in [0, 0.1) is 0 Å². The minimum absolute atomic E-state index is 0.0514. The van der Waals surface area contributed by atoms with E-state index in [1.807, 2.05) is 0 Å². The topological polar surface area (TPSA) is 91.6 Å². The fraction of sp³-hybridized carbons (Fsp3) is 0.455. The van der Waals surface area contributed by atoms with Gasteiger partial charge in [-0.3, -0.25) is 4.79 Å². The Morgan fingerprint density at radius 1 is 1.42 bits per heavy atom. The SMILES string of the molecule is O=C(N[C@H](CCO)C(=O)O)c1cccn1CC(F)F. The number of nitrogens with one attached hydrogen (secondary N) is 1. The fourth-order valence-corrected chi connectivity index (χ4v) is 1.55. The van der Waals surface area contributed by atoms with Gasteiger partial charge in [-0.1, -0.05) is 0 Å². The number of aliphatic hydroxyl groups is 1. The molecule has 1 atom stereocenters. The van der Waals surface area contributed by atoms with Crippen molar-refractivity contribution in [3.05, 3.63) is 24.0 Å². The van der Waals surface area contributed by atoms with Crippen molar-refractivity contribution in [2.75, 3.05) is 6.61 Å². The summed E-state index contributed by atoms with van der Waals surface area (Å²) < 4.78 is 25.6. The maximum Gasteiger partial charge on any atom is 0.326 e. The van der Waals surface area contributed by atoms with Crippen LogP contribution in [-0.4, -0.2) is 45.7 Å². The predicted octanol–water partition coefficient (Wildman–Crippen LogP) is 0.319. The summed E-state index contributed by atoms with van der Waals surface area (Å²) in [7, 11) is 0. The van der Waals surface area contributed by atoms with Crippen LogP contribution in [0.1, 0.15) is 16.9 Å². The van der Waals surface area contributed by atoms with E-state index in [2.05, 4.69) is 5.32 Å². The summed E-state index contributed by atoms with van der Waals surface area (Å²) in [6.45, 7) is -1.05. The summed E-state index contributed by atoms with van der Waals surface area (Å²) in [4.78, 5) is 22.6. The maximum atomic E-state index is 12.3. The van der Waals surface area contributed by atoms with Gasteiger partial charge in [0, 0.05) is 19.2 Å². The summed E-state index contributed by atoms with van der Waals surface area (Å²) in [6, 6.07) is 1.47. The van der Waals surface area contributed by atoms with Crippen LogP contribution in [0.25, 0.3) is 0 Å². The van der Waals surface area contributed by atoms with Crippen molar-refractivity contribution in [2.45, 2.75) is 25.4 Å². The first kappa shape index (κ1) is 15.1. The molecule has 0 saturated heterocycles. The molecule has 0 spiro atoms. The van der Waals surface area contributed by atoms with Crippen molar-refractivity contribution in [1.29, 1.82) is 0 Å². The molecular formula is C11H14F2N2O4. The second-order valence-electron chi connectivity index (χ2n) is 3.81. The Balaban J connectivity index is 2.77. The number of aliphatic hydroxyl groups excluding tert-OH is 1. The number of nitrogens with zero attached hydrogens (tertiary/aromatic N) is 1. The van der Waals surface area contributed by atoms with Crippen molar-refractivity contribution < 1.29 is 28.6 Å². The van der Waals surface area contributed by atoms with Crippen LogP contribution in [0.3, 0.4) is 0 Å². The van der Waals surface area contributed by atoms with Crippen LogP contribution >= 0.6 is 0 Å². The molecule has 1 rings (SSSR count). The van der Waals surface area contributed by atoms with E-state index in [1.54, 1.807) is 0 Å². The molecule has 0 fully saturated rings. The summed E-state index contributed by atoms with van der Waals surface area (Å²) in [5.41, 5.74) is -0.0514. The van der Waals surface area contributed by atoms with E-state index in [9.17, 15) is 18.4 Å². The number of hydrogen-bond acceptors (Lipinski definition) is 3. The lowest BCUT2D eigenvalue weighted by molar-refractivity contribution is -0.139. The molecular weight excluding hydrogens is 262 g/mol. The number of amides is 1. The third-order valence-corrected chi connectivity index (χ3v) is 2.42. The van der Waals surface area contributed by atoms with E-state index in [1.165, 1.54) is 18.3 Å². The molecule has 1 amide bonds. The van der Waals surface area contributed by atoms with Gasteiger partial charge in [0.2, 0.25) is 0 Å². The Hall–Kier alpha value is -1.96. The van der Waals surface area contributed by atoms with Crippen LogP contribution in [0.5, 0.6) is 0 Å². The lowest BCUT2D eigenvalue weighted by atomic mass is 10.2. The molecule has 106 valence electrons. The van der Waals surface area contributed by atoms with Gasteiger partial charge < -0.3 is 20.1 Å².